The van der Waals surface area contributed by atoms with Gasteiger partial charge in [0.25, 0.3) is 0 Å². The van der Waals surface area contributed by atoms with E-state index in [1.165, 1.54) is 4.88 Å². The van der Waals surface area contributed by atoms with Crippen molar-refractivity contribution >= 4 is 23.2 Å². The summed E-state index contributed by atoms with van der Waals surface area (Å²) in [5, 5.41) is 9.24. The lowest BCUT2D eigenvalue weighted by molar-refractivity contribution is -0.159. The number of aryl methyl sites for hydroxylation is 1. The average molecular weight is 281 g/mol. The highest BCUT2D eigenvalue weighted by Crippen LogP contribution is 2.44. The first-order chi connectivity index (χ1) is 8.93. The molecule has 0 unspecified atom stereocenters. The van der Waals surface area contributed by atoms with Gasteiger partial charge in [0.1, 0.15) is 0 Å². The molecule has 4 nitrogen and oxygen atoms in total. The number of amides is 1. The first-order valence-corrected chi connectivity index (χ1v) is 7.27. The summed E-state index contributed by atoms with van der Waals surface area (Å²) in [6.45, 7) is 2.59. The van der Waals surface area contributed by atoms with Crippen LogP contribution in [0.1, 0.15) is 35.4 Å². The van der Waals surface area contributed by atoms with E-state index < -0.39 is 11.4 Å². The Hall–Kier alpha value is -1.36. The van der Waals surface area contributed by atoms with E-state index in [1.54, 1.807) is 23.3 Å². The molecule has 0 atom stereocenters. The molecule has 1 heterocycles. The van der Waals surface area contributed by atoms with Crippen LogP contribution < -0.4 is 0 Å². The molecule has 1 N–H and O–H groups in total. The summed E-state index contributed by atoms with van der Waals surface area (Å²) in [4.78, 5) is 27.4. The van der Waals surface area contributed by atoms with Crippen LogP contribution in [0.5, 0.6) is 0 Å². The summed E-state index contributed by atoms with van der Waals surface area (Å²) in [6, 6.07) is 4.04. The van der Waals surface area contributed by atoms with Crippen LogP contribution in [0, 0.1) is 12.3 Å². The van der Waals surface area contributed by atoms with Crippen molar-refractivity contribution in [1.82, 2.24) is 4.90 Å². The van der Waals surface area contributed by atoms with E-state index in [1.807, 2.05) is 19.1 Å². The molecule has 1 aliphatic rings. The Balaban J connectivity index is 1.94. The predicted octanol–water partition coefficient (Wildman–Crippen LogP) is 2.66. The van der Waals surface area contributed by atoms with E-state index in [4.69, 9.17) is 0 Å². The zero-order valence-electron chi connectivity index (χ0n) is 11.3. The Kier molecular flexibility index (Phi) is 3.94. The van der Waals surface area contributed by atoms with Crippen LogP contribution in [0.3, 0.4) is 0 Å². The smallest absolute Gasteiger partial charge is 0.310 e. The molecule has 1 aromatic heterocycles. The van der Waals surface area contributed by atoms with Gasteiger partial charge in [-0.1, -0.05) is 6.42 Å². The Labute approximate surface area is 117 Å². The Bertz CT molecular complexity index is 491. The standard InChI is InChI=1S/C14H19NO3S/c1-10-4-5-11(19-10)9-15(2)12(16)8-14(13(17)18)6-3-7-14/h4-5H,3,6-9H2,1-2H3,(H,17,18). The van der Waals surface area contributed by atoms with Crippen molar-refractivity contribution in [2.75, 3.05) is 7.05 Å². The molecule has 104 valence electrons. The van der Waals surface area contributed by atoms with Crippen LogP contribution in [0.15, 0.2) is 12.1 Å². The van der Waals surface area contributed by atoms with Gasteiger partial charge >= 0.3 is 5.97 Å². The second-order valence-corrected chi connectivity index (χ2v) is 6.75. The molecule has 0 bridgehead atoms. The molecule has 0 radical (unpaired) electrons. The van der Waals surface area contributed by atoms with Crippen molar-refractivity contribution in [3.05, 3.63) is 21.9 Å². The molecule has 5 heteroatoms. The Morgan fingerprint density at radius 3 is 2.53 bits per heavy atom. The number of aliphatic carboxylic acids is 1. The number of thiophene rings is 1. The van der Waals surface area contributed by atoms with Crippen molar-refractivity contribution < 1.29 is 14.7 Å². The van der Waals surface area contributed by atoms with Crippen LogP contribution in [0.4, 0.5) is 0 Å². The van der Waals surface area contributed by atoms with Gasteiger partial charge in [-0.3, -0.25) is 9.59 Å². The molecule has 1 amide bonds. The second kappa shape index (κ2) is 5.33. The van der Waals surface area contributed by atoms with Crippen LogP contribution in [-0.4, -0.2) is 28.9 Å². The summed E-state index contributed by atoms with van der Waals surface area (Å²) in [5.41, 5.74) is -0.795. The molecule has 2 rings (SSSR count). The van der Waals surface area contributed by atoms with Crippen molar-refractivity contribution in [2.45, 2.75) is 39.2 Å². The summed E-state index contributed by atoms with van der Waals surface area (Å²) in [6.07, 6.45) is 2.29. The van der Waals surface area contributed by atoms with Crippen molar-refractivity contribution in [3.63, 3.8) is 0 Å². The minimum absolute atomic E-state index is 0.0758. The fourth-order valence-electron chi connectivity index (χ4n) is 2.39. The largest absolute Gasteiger partial charge is 0.481 e. The van der Waals surface area contributed by atoms with E-state index in [-0.39, 0.29) is 12.3 Å². The molecule has 1 aromatic rings. The third-order valence-electron chi connectivity index (χ3n) is 3.87. The molecule has 0 spiro atoms. The number of carboxylic acid groups (broad SMARTS) is 1. The van der Waals surface area contributed by atoms with Crippen molar-refractivity contribution in [3.8, 4) is 0 Å². The number of carbonyl (C=O) groups excluding carboxylic acids is 1. The number of carbonyl (C=O) groups is 2. The highest BCUT2D eigenvalue weighted by Gasteiger charge is 2.46. The number of hydrogen-bond acceptors (Lipinski definition) is 3. The lowest BCUT2D eigenvalue weighted by Crippen LogP contribution is -2.42. The normalized spacial score (nSPS) is 16.7. The minimum Gasteiger partial charge on any atom is -0.481 e. The monoisotopic (exact) mass is 281 g/mol. The highest BCUT2D eigenvalue weighted by atomic mass is 32.1. The molecular formula is C14H19NO3S. The van der Waals surface area contributed by atoms with Gasteiger partial charge in [-0.25, -0.2) is 0 Å². The maximum atomic E-state index is 12.1. The van der Waals surface area contributed by atoms with Gasteiger partial charge in [-0.2, -0.15) is 0 Å². The lowest BCUT2D eigenvalue weighted by atomic mass is 9.66. The summed E-state index contributed by atoms with van der Waals surface area (Å²) in [7, 11) is 1.74. The third kappa shape index (κ3) is 2.97. The van der Waals surface area contributed by atoms with Gasteiger partial charge in [0, 0.05) is 23.2 Å². The van der Waals surface area contributed by atoms with Crippen LogP contribution in [-0.2, 0) is 16.1 Å². The number of carboxylic acids is 1. The van der Waals surface area contributed by atoms with Gasteiger partial charge in [0.2, 0.25) is 5.91 Å². The predicted molar refractivity (Wildman–Crippen MR) is 74.1 cm³/mol. The Morgan fingerprint density at radius 2 is 2.11 bits per heavy atom. The topological polar surface area (TPSA) is 57.6 Å². The zero-order valence-corrected chi connectivity index (χ0v) is 12.1. The van der Waals surface area contributed by atoms with E-state index in [2.05, 4.69) is 0 Å². The molecule has 0 saturated heterocycles. The molecule has 1 saturated carbocycles. The van der Waals surface area contributed by atoms with Gasteiger partial charge < -0.3 is 10.0 Å². The van der Waals surface area contributed by atoms with Gasteiger partial charge in [-0.05, 0) is 31.9 Å². The number of rotatable bonds is 5. The molecule has 1 aliphatic carbocycles. The van der Waals surface area contributed by atoms with Crippen molar-refractivity contribution in [2.24, 2.45) is 5.41 Å². The van der Waals surface area contributed by atoms with Crippen molar-refractivity contribution in [1.29, 1.82) is 0 Å². The third-order valence-corrected chi connectivity index (χ3v) is 4.85. The van der Waals surface area contributed by atoms with E-state index >= 15 is 0 Å². The maximum absolute atomic E-state index is 12.1. The van der Waals surface area contributed by atoms with Gasteiger partial charge in [0.15, 0.2) is 0 Å². The summed E-state index contributed by atoms with van der Waals surface area (Å²) in [5.74, 6) is -0.902. The summed E-state index contributed by atoms with van der Waals surface area (Å²) >= 11 is 1.67. The molecule has 19 heavy (non-hydrogen) atoms. The minimum atomic E-state index is -0.826. The Morgan fingerprint density at radius 1 is 1.42 bits per heavy atom. The zero-order chi connectivity index (χ0) is 14.0. The first-order valence-electron chi connectivity index (χ1n) is 6.46. The van der Waals surface area contributed by atoms with Gasteiger partial charge in [0.05, 0.1) is 12.0 Å². The van der Waals surface area contributed by atoms with Gasteiger partial charge in [-0.15, -0.1) is 11.3 Å². The molecule has 1 fully saturated rings. The average Bonchev–Trinajstić information content (AvgIpc) is 2.68. The van der Waals surface area contributed by atoms with Crippen LogP contribution >= 0.6 is 11.3 Å². The molecule has 0 aliphatic heterocycles. The number of nitrogens with zero attached hydrogens (tertiary/aromatic N) is 1. The molecular weight excluding hydrogens is 262 g/mol. The van der Waals surface area contributed by atoms with Crippen LogP contribution in [0.2, 0.25) is 0 Å². The van der Waals surface area contributed by atoms with E-state index in [0.29, 0.717) is 19.4 Å². The van der Waals surface area contributed by atoms with E-state index in [0.717, 1.165) is 11.3 Å². The fourth-order valence-corrected chi connectivity index (χ4v) is 3.33. The fraction of sp³-hybridized carbons (Fsp3) is 0.571. The quantitative estimate of drug-likeness (QED) is 0.902. The summed E-state index contributed by atoms with van der Waals surface area (Å²) < 4.78 is 0. The maximum Gasteiger partial charge on any atom is 0.310 e. The highest BCUT2D eigenvalue weighted by molar-refractivity contribution is 7.11. The molecule has 0 aromatic carbocycles. The van der Waals surface area contributed by atoms with E-state index in [9.17, 15) is 14.7 Å². The first kappa shape index (κ1) is 14.1. The lowest BCUT2D eigenvalue weighted by Gasteiger charge is -2.37. The number of hydrogen-bond donors (Lipinski definition) is 1. The van der Waals surface area contributed by atoms with Crippen LogP contribution in [0.25, 0.3) is 0 Å². The SMILES string of the molecule is Cc1ccc(CN(C)C(=O)CC2(C(=O)O)CCC2)s1. The second-order valence-electron chi connectivity index (χ2n) is 5.38.